The van der Waals surface area contributed by atoms with Crippen LogP contribution in [0.25, 0.3) is 11.1 Å². The van der Waals surface area contributed by atoms with Gasteiger partial charge >= 0.3 is 12.1 Å². The van der Waals surface area contributed by atoms with Crippen LogP contribution >= 0.6 is 0 Å². The maximum absolute atomic E-state index is 13.3. The average molecular weight is 481 g/mol. The van der Waals surface area contributed by atoms with E-state index in [2.05, 4.69) is 17.4 Å². The number of hydrogen-bond donors (Lipinski definition) is 2. The Morgan fingerprint density at radius 1 is 1.09 bits per heavy atom. The van der Waals surface area contributed by atoms with Crippen LogP contribution < -0.4 is 5.32 Å². The molecule has 1 heterocycles. The van der Waals surface area contributed by atoms with Gasteiger partial charge in [0.15, 0.2) is 5.60 Å². The number of likely N-dealkylation sites (tertiary alicyclic amines) is 1. The number of fused-ring (bicyclic) bond motifs is 3. The summed E-state index contributed by atoms with van der Waals surface area (Å²) in [6.45, 7) is 4.16. The zero-order chi connectivity index (χ0) is 25.2. The van der Waals surface area contributed by atoms with Gasteiger partial charge in [-0.15, -0.1) is 0 Å². The summed E-state index contributed by atoms with van der Waals surface area (Å²) in [6.07, 6.45) is 0.156. The van der Waals surface area contributed by atoms with E-state index in [4.69, 9.17) is 9.47 Å². The van der Waals surface area contributed by atoms with Crippen molar-refractivity contribution in [1.29, 1.82) is 0 Å². The fourth-order valence-electron chi connectivity index (χ4n) is 5.12. The summed E-state index contributed by atoms with van der Waals surface area (Å²) < 4.78 is 10.9. The van der Waals surface area contributed by atoms with Gasteiger partial charge in [-0.2, -0.15) is 0 Å². The number of nitrogens with zero attached hydrogens (tertiary/aromatic N) is 1. The van der Waals surface area contributed by atoms with Crippen molar-refractivity contribution in [1.82, 2.24) is 10.2 Å². The number of carbonyl (C=O) groups is 3. The molecule has 2 aromatic rings. The molecule has 0 bridgehead atoms. The predicted molar refractivity (Wildman–Crippen MR) is 130 cm³/mol. The van der Waals surface area contributed by atoms with E-state index in [1.54, 1.807) is 0 Å². The Bertz CT molecular complexity index is 1070. The summed E-state index contributed by atoms with van der Waals surface area (Å²) >= 11 is 0. The molecule has 4 rings (SSSR count). The van der Waals surface area contributed by atoms with Crippen molar-refractivity contribution in [2.75, 3.05) is 26.8 Å². The van der Waals surface area contributed by atoms with E-state index in [0.29, 0.717) is 19.4 Å². The van der Waals surface area contributed by atoms with E-state index in [9.17, 15) is 19.5 Å². The Balaban J connectivity index is 1.43. The van der Waals surface area contributed by atoms with E-state index in [-0.39, 0.29) is 30.9 Å². The molecule has 2 aromatic carbocycles. The molecule has 1 aliphatic heterocycles. The van der Waals surface area contributed by atoms with Gasteiger partial charge in [0.05, 0.1) is 6.54 Å². The van der Waals surface area contributed by atoms with E-state index in [0.717, 1.165) is 22.3 Å². The van der Waals surface area contributed by atoms with Gasteiger partial charge in [-0.25, -0.2) is 9.59 Å². The number of ether oxygens (including phenoxy) is 2. The lowest BCUT2D eigenvalue weighted by Crippen LogP contribution is -2.60. The highest BCUT2D eigenvalue weighted by molar-refractivity contribution is 5.87. The van der Waals surface area contributed by atoms with Gasteiger partial charge in [-0.3, -0.25) is 4.79 Å². The second kappa shape index (κ2) is 10.1. The summed E-state index contributed by atoms with van der Waals surface area (Å²) in [5.41, 5.74) is 3.06. The van der Waals surface area contributed by atoms with Gasteiger partial charge in [-0.1, -0.05) is 62.4 Å². The number of nitrogens with one attached hydrogen (secondary N) is 1. The third-order valence-corrected chi connectivity index (χ3v) is 7.10. The first-order valence-corrected chi connectivity index (χ1v) is 12.0. The van der Waals surface area contributed by atoms with Crippen LogP contribution in [0, 0.1) is 5.92 Å². The minimum atomic E-state index is -1.43. The van der Waals surface area contributed by atoms with E-state index < -0.39 is 23.7 Å². The number of carboxylic acid groups (broad SMARTS) is 1. The third kappa shape index (κ3) is 4.75. The van der Waals surface area contributed by atoms with Crippen molar-refractivity contribution < 1.29 is 29.0 Å². The van der Waals surface area contributed by atoms with Crippen LogP contribution in [-0.2, 0) is 19.1 Å². The number of rotatable bonds is 7. The predicted octanol–water partition coefficient (Wildman–Crippen LogP) is 3.64. The minimum Gasteiger partial charge on any atom is -0.479 e. The van der Waals surface area contributed by atoms with E-state index in [1.165, 1.54) is 12.0 Å². The molecule has 0 saturated carbocycles. The van der Waals surface area contributed by atoms with Crippen LogP contribution in [0.2, 0.25) is 0 Å². The number of benzene rings is 2. The Kier molecular flexibility index (Phi) is 7.12. The van der Waals surface area contributed by atoms with Crippen LogP contribution in [-0.4, -0.2) is 66.4 Å². The molecule has 1 saturated heterocycles. The molecule has 2 atom stereocenters. The van der Waals surface area contributed by atoms with Crippen molar-refractivity contribution in [3.63, 3.8) is 0 Å². The van der Waals surface area contributed by atoms with E-state index in [1.807, 2.05) is 50.2 Å². The Labute approximate surface area is 205 Å². The lowest BCUT2D eigenvalue weighted by Gasteiger charge is -2.40. The molecule has 2 N–H and O–H groups in total. The second-order valence-electron chi connectivity index (χ2n) is 9.56. The Hall–Kier alpha value is -3.39. The van der Waals surface area contributed by atoms with E-state index >= 15 is 0 Å². The van der Waals surface area contributed by atoms with Crippen molar-refractivity contribution in [2.45, 2.75) is 44.2 Å². The van der Waals surface area contributed by atoms with Crippen LogP contribution in [0.3, 0.4) is 0 Å². The highest BCUT2D eigenvalue weighted by Crippen LogP contribution is 2.44. The highest BCUT2D eigenvalue weighted by atomic mass is 16.5. The molecule has 186 valence electrons. The summed E-state index contributed by atoms with van der Waals surface area (Å²) in [5, 5.41) is 12.4. The van der Waals surface area contributed by atoms with Crippen LogP contribution in [0.1, 0.15) is 43.7 Å². The number of alkyl carbamates (subject to hydrolysis) is 1. The SMILES string of the molecule is COC1(C(=O)O)CCCN(C(=O)[C@@H](NC(=O)OCC2c3ccccc3-c3ccccc32)C(C)C)C1. The van der Waals surface area contributed by atoms with Crippen LogP contribution in [0.5, 0.6) is 0 Å². The molecule has 8 heteroatoms. The molecule has 1 fully saturated rings. The summed E-state index contributed by atoms with van der Waals surface area (Å²) in [4.78, 5) is 39.3. The zero-order valence-corrected chi connectivity index (χ0v) is 20.3. The maximum Gasteiger partial charge on any atom is 0.407 e. The first kappa shape index (κ1) is 24.7. The standard InChI is InChI=1S/C27H32N2O6/c1-17(2)23(24(30)29-14-8-13-27(16-29,34-3)25(31)32)28-26(33)35-15-22-20-11-6-4-9-18(20)19-10-5-7-12-21(19)22/h4-7,9-12,17,22-23H,8,13-16H2,1-3H3,(H,28,33)(H,31,32)/t23-,27?/m0/s1. The summed E-state index contributed by atoms with van der Waals surface area (Å²) in [6, 6.07) is 15.3. The summed E-state index contributed by atoms with van der Waals surface area (Å²) in [7, 11) is 1.34. The summed E-state index contributed by atoms with van der Waals surface area (Å²) in [5.74, 6) is -1.73. The molecule has 8 nitrogen and oxygen atoms in total. The topological polar surface area (TPSA) is 105 Å². The molecule has 0 spiro atoms. The smallest absolute Gasteiger partial charge is 0.407 e. The van der Waals surface area contributed by atoms with Crippen LogP contribution in [0.15, 0.2) is 48.5 Å². The Morgan fingerprint density at radius 2 is 1.69 bits per heavy atom. The lowest BCUT2D eigenvalue weighted by atomic mass is 9.91. The molecule has 1 unspecified atom stereocenters. The zero-order valence-electron chi connectivity index (χ0n) is 20.3. The van der Waals surface area contributed by atoms with Gasteiger partial charge in [0, 0.05) is 19.6 Å². The fourth-order valence-corrected chi connectivity index (χ4v) is 5.12. The first-order valence-electron chi connectivity index (χ1n) is 12.0. The molecule has 2 aliphatic rings. The quantitative estimate of drug-likeness (QED) is 0.627. The molecular weight excluding hydrogens is 448 g/mol. The molecule has 2 amide bonds. The number of carboxylic acids is 1. The third-order valence-electron chi connectivity index (χ3n) is 7.10. The lowest BCUT2D eigenvalue weighted by molar-refractivity contribution is -0.171. The number of piperidine rings is 1. The molecular formula is C27H32N2O6. The van der Waals surface area contributed by atoms with Crippen molar-refractivity contribution in [3.8, 4) is 11.1 Å². The van der Waals surface area contributed by atoms with Crippen molar-refractivity contribution in [2.24, 2.45) is 5.92 Å². The average Bonchev–Trinajstić information content (AvgIpc) is 3.19. The number of amides is 2. The maximum atomic E-state index is 13.3. The minimum absolute atomic E-state index is 0.0622. The number of hydrogen-bond acceptors (Lipinski definition) is 5. The number of carbonyl (C=O) groups excluding carboxylic acids is 2. The van der Waals surface area contributed by atoms with Gasteiger partial charge < -0.3 is 24.8 Å². The highest BCUT2D eigenvalue weighted by Gasteiger charge is 2.45. The Morgan fingerprint density at radius 3 is 2.23 bits per heavy atom. The van der Waals surface area contributed by atoms with Crippen molar-refractivity contribution in [3.05, 3.63) is 59.7 Å². The van der Waals surface area contributed by atoms with Gasteiger partial charge in [-0.05, 0) is 41.0 Å². The number of aliphatic carboxylic acids is 1. The molecule has 1 aliphatic carbocycles. The fraction of sp³-hybridized carbons (Fsp3) is 0.444. The molecule has 0 aromatic heterocycles. The largest absolute Gasteiger partial charge is 0.479 e. The van der Waals surface area contributed by atoms with Crippen molar-refractivity contribution >= 4 is 18.0 Å². The van der Waals surface area contributed by atoms with Crippen LogP contribution in [0.4, 0.5) is 4.79 Å². The number of methoxy groups -OCH3 is 1. The first-order chi connectivity index (χ1) is 16.8. The molecule has 35 heavy (non-hydrogen) atoms. The monoisotopic (exact) mass is 480 g/mol. The van der Waals surface area contributed by atoms with Gasteiger partial charge in [0.1, 0.15) is 12.6 Å². The second-order valence-corrected chi connectivity index (χ2v) is 9.56. The normalized spacial score (nSPS) is 20.2. The molecule has 0 radical (unpaired) electrons. The van der Waals surface area contributed by atoms with Gasteiger partial charge in [0.2, 0.25) is 5.91 Å². The van der Waals surface area contributed by atoms with Gasteiger partial charge in [0.25, 0.3) is 0 Å².